The number of hydrogen-bond donors (Lipinski definition) is 1. The number of ether oxygens (including phenoxy) is 1. The molecule has 0 atom stereocenters. The Hall–Kier alpha value is -2.84. The molecule has 0 saturated heterocycles. The van der Waals surface area contributed by atoms with Crippen molar-refractivity contribution in [1.82, 2.24) is 15.2 Å². The molecule has 154 valence electrons. The van der Waals surface area contributed by atoms with E-state index in [1.54, 1.807) is 25.1 Å². The van der Waals surface area contributed by atoms with Crippen LogP contribution in [-0.2, 0) is 12.3 Å². The second-order valence-corrected chi connectivity index (χ2v) is 9.03. The third-order valence-electron chi connectivity index (χ3n) is 4.52. The van der Waals surface area contributed by atoms with E-state index in [2.05, 4.69) is 52.5 Å². The Kier molecular flexibility index (Phi) is 6.35. The predicted octanol–water partition coefficient (Wildman–Crippen LogP) is 5.72. The first-order valence-corrected chi connectivity index (χ1v) is 11.3. The number of nitrogens with one attached hydrogen (secondary N) is 1. The van der Waals surface area contributed by atoms with Crippen LogP contribution in [0, 0.1) is 13.8 Å². The summed E-state index contributed by atoms with van der Waals surface area (Å²) in [6.07, 6.45) is 1.71. The summed E-state index contributed by atoms with van der Waals surface area (Å²) in [7, 11) is 1.66. The molecule has 0 aliphatic carbocycles. The van der Waals surface area contributed by atoms with Crippen molar-refractivity contribution < 1.29 is 9.15 Å². The minimum atomic E-state index is 0.655. The first-order valence-electron chi connectivity index (χ1n) is 9.46. The van der Waals surface area contributed by atoms with Gasteiger partial charge in [-0.15, -0.1) is 10.2 Å². The molecule has 2 aromatic carbocycles. The Balaban J connectivity index is 1.31. The average molecular weight is 439 g/mol. The van der Waals surface area contributed by atoms with Crippen molar-refractivity contribution in [2.24, 2.45) is 0 Å². The van der Waals surface area contributed by atoms with Gasteiger partial charge in [0.2, 0.25) is 11.0 Å². The van der Waals surface area contributed by atoms with Gasteiger partial charge < -0.3 is 14.5 Å². The minimum Gasteiger partial charge on any atom is -0.497 e. The highest BCUT2D eigenvalue weighted by Gasteiger charge is 2.11. The summed E-state index contributed by atoms with van der Waals surface area (Å²) in [4.78, 5) is 4.63. The molecule has 6 nitrogen and oxygen atoms in total. The summed E-state index contributed by atoms with van der Waals surface area (Å²) >= 11 is 3.13. The maximum atomic E-state index is 5.69. The lowest BCUT2D eigenvalue weighted by Crippen LogP contribution is -1.98. The smallest absolute Gasteiger partial charge is 0.226 e. The summed E-state index contributed by atoms with van der Waals surface area (Å²) < 4.78 is 11.8. The zero-order valence-electron chi connectivity index (χ0n) is 17.0. The monoisotopic (exact) mass is 438 g/mol. The molecule has 1 N–H and O–H groups in total. The number of anilines is 1. The van der Waals surface area contributed by atoms with Gasteiger partial charge in [0.1, 0.15) is 12.0 Å². The Morgan fingerprint density at radius 2 is 1.93 bits per heavy atom. The van der Waals surface area contributed by atoms with E-state index in [-0.39, 0.29) is 0 Å². The van der Waals surface area contributed by atoms with E-state index in [0.717, 1.165) is 37.6 Å². The molecule has 2 aromatic heterocycles. The topological polar surface area (TPSA) is 73.1 Å². The quantitative estimate of drug-likeness (QED) is 0.353. The highest BCUT2D eigenvalue weighted by molar-refractivity contribution is 8.00. The molecule has 0 aliphatic rings. The van der Waals surface area contributed by atoms with E-state index in [9.17, 15) is 0 Å². The molecule has 8 heteroatoms. The average Bonchev–Trinajstić information content (AvgIpc) is 3.40. The number of rotatable bonds is 8. The van der Waals surface area contributed by atoms with Gasteiger partial charge in [-0.25, -0.2) is 4.98 Å². The maximum Gasteiger partial charge on any atom is 0.226 e. The Bertz CT molecular complexity index is 1120. The van der Waals surface area contributed by atoms with Gasteiger partial charge in [-0.1, -0.05) is 52.9 Å². The highest BCUT2D eigenvalue weighted by Crippen LogP contribution is 2.30. The number of aryl methyl sites for hydroxylation is 2. The molecule has 0 spiro atoms. The van der Waals surface area contributed by atoms with Crippen molar-refractivity contribution in [2.75, 3.05) is 12.4 Å². The number of methoxy groups -OCH3 is 1. The second-order valence-electron chi connectivity index (χ2n) is 6.83. The molecule has 0 unspecified atom stereocenters. The Morgan fingerprint density at radius 1 is 1.10 bits per heavy atom. The normalized spacial score (nSPS) is 10.9. The van der Waals surface area contributed by atoms with Crippen LogP contribution in [0.15, 0.2) is 57.5 Å². The molecule has 0 saturated carbocycles. The second kappa shape index (κ2) is 9.32. The molecule has 4 rings (SSSR count). The van der Waals surface area contributed by atoms with E-state index < -0.39 is 0 Å². The van der Waals surface area contributed by atoms with E-state index in [4.69, 9.17) is 9.15 Å². The van der Waals surface area contributed by atoms with Gasteiger partial charge in [-0.3, -0.25) is 0 Å². The van der Waals surface area contributed by atoms with E-state index in [1.807, 2.05) is 24.3 Å². The van der Waals surface area contributed by atoms with Crippen molar-refractivity contribution in [3.05, 3.63) is 71.1 Å². The molecule has 0 radical (unpaired) electrons. The summed E-state index contributed by atoms with van der Waals surface area (Å²) in [6, 6.07) is 14.2. The van der Waals surface area contributed by atoms with Crippen LogP contribution in [0.25, 0.3) is 11.5 Å². The molecule has 0 aliphatic heterocycles. The van der Waals surface area contributed by atoms with Crippen molar-refractivity contribution in [3.63, 3.8) is 0 Å². The summed E-state index contributed by atoms with van der Waals surface area (Å²) in [5.41, 5.74) is 5.46. The molecule has 0 bridgehead atoms. The molecule has 0 fully saturated rings. The summed E-state index contributed by atoms with van der Waals surface area (Å²) in [5, 5.41) is 12.6. The summed E-state index contributed by atoms with van der Waals surface area (Å²) in [6.45, 7) is 4.84. The van der Waals surface area contributed by atoms with E-state index >= 15 is 0 Å². The predicted molar refractivity (Wildman–Crippen MR) is 121 cm³/mol. The van der Waals surface area contributed by atoms with Gasteiger partial charge in [0.15, 0.2) is 4.34 Å². The van der Waals surface area contributed by atoms with Crippen LogP contribution in [0.4, 0.5) is 5.13 Å². The van der Waals surface area contributed by atoms with Crippen LogP contribution >= 0.6 is 23.1 Å². The van der Waals surface area contributed by atoms with Gasteiger partial charge in [0.05, 0.1) is 12.8 Å². The fourth-order valence-corrected chi connectivity index (χ4v) is 4.57. The standard InChI is InChI=1S/C22H22N4O2S2/c1-14-4-9-19(15(2)10-14)20-24-17(12-28-20)13-29-22-26-25-21(30-22)23-11-16-5-7-18(27-3)8-6-16/h4-10,12H,11,13H2,1-3H3,(H,23,25). The molecular weight excluding hydrogens is 416 g/mol. The summed E-state index contributed by atoms with van der Waals surface area (Å²) in [5.74, 6) is 2.19. The number of oxazole rings is 1. The number of benzene rings is 2. The first-order chi connectivity index (χ1) is 14.6. The zero-order valence-corrected chi connectivity index (χ0v) is 18.6. The Morgan fingerprint density at radius 3 is 2.70 bits per heavy atom. The van der Waals surface area contributed by atoms with Gasteiger partial charge >= 0.3 is 0 Å². The van der Waals surface area contributed by atoms with Gasteiger partial charge in [-0.05, 0) is 43.2 Å². The fraction of sp³-hybridized carbons (Fsp3) is 0.227. The number of aromatic nitrogens is 3. The lowest BCUT2D eigenvalue weighted by Gasteiger charge is -2.03. The SMILES string of the molecule is COc1ccc(CNc2nnc(SCc3coc(-c4ccc(C)cc4C)n3)s2)cc1. The Labute approximate surface area is 183 Å². The molecule has 30 heavy (non-hydrogen) atoms. The van der Waals surface area contributed by atoms with Crippen LogP contribution < -0.4 is 10.1 Å². The number of hydrogen-bond acceptors (Lipinski definition) is 8. The molecule has 2 heterocycles. The lowest BCUT2D eigenvalue weighted by atomic mass is 10.1. The van der Waals surface area contributed by atoms with Crippen molar-refractivity contribution in [2.45, 2.75) is 30.5 Å². The van der Waals surface area contributed by atoms with Gasteiger partial charge in [-0.2, -0.15) is 0 Å². The van der Waals surface area contributed by atoms with Crippen LogP contribution in [0.1, 0.15) is 22.4 Å². The van der Waals surface area contributed by atoms with Gasteiger partial charge in [0.25, 0.3) is 0 Å². The van der Waals surface area contributed by atoms with Crippen molar-refractivity contribution >= 4 is 28.2 Å². The van der Waals surface area contributed by atoms with Gasteiger partial charge in [0, 0.05) is 17.9 Å². The lowest BCUT2D eigenvalue weighted by molar-refractivity contribution is 0.414. The third kappa shape index (κ3) is 5.01. The van der Waals surface area contributed by atoms with Crippen molar-refractivity contribution in [1.29, 1.82) is 0 Å². The van der Waals surface area contributed by atoms with Crippen LogP contribution in [0.2, 0.25) is 0 Å². The largest absolute Gasteiger partial charge is 0.497 e. The molecular formula is C22H22N4O2S2. The third-order valence-corrected chi connectivity index (χ3v) is 6.56. The van der Waals surface area contributed by atoms with Crippen LogP contribution in [-0.4, -0.2) is 22.3 Å². The highest BCUT2D eigenvalue weighted by atomic mass is 32.2. The fourth-order valence-electron chi connectivity index (χ4n) is 2.95. The van der Waals surface area contributed by atoms with Crippen LogP contribution in [0.5, 0.6) is 5.75 Å². The van der Waals surface area contributed by atoms with Crippen LogP contribution in [0.3, 0.4) is 0 Å². The number of nitrogens with zero attached hydrogens (tertiary/aromatic N) is 3. The number of thioether (sulfide) groups is 1. The van der Waals surface area contributed by atoms with E-state index in [0.29, 0.717) is 18.2 Å². The first kappa shape index (κ1) is 20.4. The molecule has 0 amide bonds. The van der Waals surface area contributed by atoms with E-state index in [1.165, 1.54) is 16.9 Å². The maximum absolute atomic E-state index is 5.69. The minimum absolute atomic E-state index is 0.655. The van der Waals surface area contributed by atoms with Crippen molar-refractivity contribution in [3.8, 4) is 17.2 Å². The zero-order chi connectivity index (χ0) is 20.9. The molecule has 4 aromatic rings.